The number of para-hydroxylation sites is 4. The molecule has 3 aromatic heterocycles. The smallest absolute Gasteiger partial charge is 0.240 e. The van der Waals surface area contributed by atoms with Crippen LogP contribution >= 0.6 is 0 Å². The summed E-state index contributed by atoms with van der Waals surface area (Å²) in [6.07, 6.45) is 0. The van der Waals surface area contributed by atoms with E-state index in [1.807, 2.05) is 0 Å². The molecule has 0 radical (unpaired) electrons. The van der Waals surface area contributed by atoms with Gasteiger partial charge in [-0.05, 0) is 44.9 Å². The van der Waals surface area contributed by atoms with Crippen LogP contribution < -0.4 is 20.7 Å². The van der Waals surface area contributed by atoms with Gasteiger partial charge in [0.15, 0.2) is 13.9 Å². The molecule has 0 aliphatic heterocycles. The summed E-state index contributed by atoms with van der Waals surface area (Å²) in [5.41, 5.74) is -0.640. The van der Waals surface area contributed by atoms with E-state index in [-0.39, 0.29) is 76.3 Å². The molecule has 11 rings (SSSR count). The highest BCUT2D eigenvalue weighted by molar-refractivity contribution is 7.19. The Morgan fingerprint density at radius 1 is 0.368 bits per heavy atom. The van der Waals surface area contributed by atoms with E-state index in [0.29, 0.717) is 5.39 Å². The SMILES string of the molecule is [2H]c1c([2H])c([2H])c([Si](c2ccccc2)(c2cccc(-c3nc(-n4c5ccccc5c5c([2H])c([2H])c([2H])c([2H])c54)nc(-n4c5c([2H])c([2H])c([2H])c([2H])c5c5c([2H])c([2H])c([2H])c([2H])c54)n3)c2)c2c([2H])c([2H])c([2H])c([2H])c2[2H])c([2H])c1[2H]. The van der Waals surface area contributed by atoms with Crippen molar-refractivity contribution in [1.82, 2.24) is 24.1 Å². The summed E-state index contributed by atoms with van der Waals surface area (Å²) < 4.78 is 201. The number of aromatic nitrogens is 5. The standard InChI is InChI=1S/C51H35N5Si/c1-4-20-37(21-5-1)57(38-22-6-2-7-23-38,39-24-8-3-9-25-39)40-26-18-19-36(35-40)49-52-50(55-45-31-14-10-27-41(45)42-28-11-15-32-46(42)55)54-51(53-49)56-47-33-16-12-29-43(47)44-30-13-17-34-48(44)56/h1-35H/i1D,2D,4D,5D,6D,7D,10D,11D,12D,14D,15D,16D,20D,21D,22D,23D,27D,28D,29D,31D,32D,33D. The Morgan fingerprint density at radius 2 is 0.842 bits per heavy atom. The van der Waals surface area contributed by atoms with Crippen molar-refractivity contribution in [3.05, 3.63) is 212 Å². The summed E-state index contributed by atoms with van der Waals surface area (Å²) in [5, 5.41) is -0.706. The van der Waals surface area contributed by atoms with Crippen molar-refractivity contribution >= 4 is 72.4 Å². The second kappa shape index (κ2) is 13.4. The molecule has 0 saturated heterocycles. The first kappa shape index (κ1) is 17.6. The molecule has 6 heteroatoms. The van der Waals surface area contributed by atoms with Gasteiger partial charge in [0.25, 0.3) is 0 Å². The average Bonchev–Trinajstić information content (AvgIpc) is 3.98. The molecule has 11 aromatic rings. The van der Waals surface area contributed by atoms with Gasteiger partial charge in [0.05, 0.1) is 52.2 Å². The zero-order valence-electron chi connectivity index (χ0n) is 51.2. The van der Waals surface area contributed by atoms with Gasteiger partial charge in [-0.25, -0.2) is 0 Å². The van der Waals surface area contributed by atoms with Gasteiger partial charge in [-0.3, -0.25) is 9.13 Å². The minimum absolute atomic E-state index is 0.00202. The lowest BCUT2D eigenvalue weighted by molar-refractivity contribution is 0.893. The summed E-state index contributed by atoms with van der Waals surface area (Å²) in [6.45, 7) is 0. The third kappa shape index (κ3) is 5.19. The maximum absolute atomic E-state index is 9.52. The van der Waals surface area contributed by atoms with E-state index in [2.05, 4.69) is 0 Å². The Kier molecular flexibility index (Phi) is 4.14. The zero-order chi connectivity index (χ0) is 56.9. The molecule has 0 fully saturated rings. The minimum Gasteiger partial charge on any atom is -0.278 e. The molecule has 268 valence electrons. The summed E-state index contributed by atoms with van der Waals surface area (Å²) in [4.78, 5) is 14.7. The van der Waals surface area contributed by atoms with Gasteiger partial charge in [-0.15, -0.1) is 0 Å². The Morgan fingerprint density at radius 3 is 1.44 bits per heavy atom. The van der Waals surface area contributed by atoms with Crippen LogP contribution in [0.2, 0.25) is 0 Å². The highest BCUT2D eigenvalue weighted by atomic mass is 28.3. The van der Waals surface area contributed by atoms with Gasteiger partial charge in [-0.2, -0.15) is 15.0 Å². The summed E-state index contributed by atoms with van der Waals surface area (Å²) >= 11 is 0. The zero-order valence-corrected chi connectivity index (χ0v) is 30.2. The molecule has 0 atom stereocenters. The molecule has 0 aliphatic carbocycles. The summed E-state index contributed by atoms with van der Waals surface area (Å²) in [7, 11) is -4.90. The van der Waals surface area contributed by atoms with Crippen molar-refractivity contribution in [3.63, 3.8) is 0 Å². The van der Waals surface area contributed by atoms with E-state index in [9.17, 15) is 9.60 Å². The Hall–Kier alpha value is -7.41. The van der Waals surface area contributed by atoms with E-state index in [0.717, 1.165) is 4.57 Å². The molecule has 0 unspecified atom stereocenters. The van der Waals surface area contributed by atoms with Crippen molar-refractivity contribution < 1.29 is 30.2 Å². The number of hydrogen-bond donors (Lipinski definition) is 0. The van der Waals surface area contributed by atoms with Crippen LogP contribution in [0.25, 0.3) is 66.9 Å². The fraction of sp³-hybridized carbons (Fsp3) is 0. The third-order valence-corrected chi connectivity index (χ3v) is 14.2. The lowest BCUT2D eigenvalue weighted by atomic mass is 10.2. The van der Waals surface area contributed by atoms with Gasteiger partial charge in [0.2, 0.25) is 11.9 Å². The van der Waals surface area contributed by atoms with Gasteiger partial charge in [0, 0.05) is 27.1 Å². The second-order valence-corrected chi connectivity index (χ2v) is 16.5. The van der Waals surface area contributed by atoms with Crippen LogP contribution in [0.3, 0.4) is 0 Å². The van der Waals surface area contributed by atoms with Crippen molar-refractivity contribution in [2.45, 2.75) is 0 Å². The van der Waals surface area contributed by atoms with Gasteiger partial charge in [-0.1, -0.05) is 188 Å². The maximum Gasteiger partial charge on any atom is 0.240 e. The first-order valence-electron chi connectivity index (χ1n) is 28.5. The molecule has 0 spiro atoms. The first-order valence-corrected chi connectivity index (χ1v) is 19.5. The lowest BCUT2D eigenvalue weighted by Gasteiger charge is -2.34. The number of nitrogens with zero attached hydrogens (tertiary/aromatic N) is 5. The highest BCUT2D eigenvalue weighted by Crippen LogP contribution is 2.34. The van der Waals surface area contributed by atoms with Crippen LogP contribution in [0.1, 0.15) is 30.2 Å². The molecule has 0 saturated carbocycles. The first-order chi connectivity index (χ1) is 37.4. The molecule has 0 amide bonds. The number of hydrogen-bond acceptors (Lipinski definition) is 3. The van der Waals surface area contributed by atoms with Gasteiger partial charge >= 0.3 is 0 Å². The van der Waals surface area contributed by atoms with E-state index in [1.54, 1.807) is 54.6 Å². The molecule has 0 aliphatic rings. The third-order valence-electron chi connectivity index (χ3n) is 9.86. The summed E-state index contributed by atoms with van der Waals surface area (Å²) in [5.74, 6) is -1.25. The Bertz CT molecular complexity index is 4340. The minimum atomic E-state index is -4.90. The van der Waals surface area contributed by atoms with Crippen molar-refractivity contribution in [2.24, 2.45) is 0 Å². The summed E-state index contributed by atoms with van der Waals surface area (Å²) in [6, 6.07) is 5.11. The molecular weight excluding hydrogens is 711 g/mol. The van der Waals surface area contributed by atoms with Gasteiger partial charge < -0.3 is 0 Å². The topological polar surface area (TPSA) is 48.5 Å². The Labute approximate surface area is 361 Å². The predicted octanol–water partition coefficient (Wildman–Crippen LogP) is 9.11. The predicted molar refractivity (Wildman–Crippen MR) is 238 cm³/mol. The van der Waals surface area contributed by atoms with E-state index in [1.165, 1.54) is 28.8 Å². The molecule has 3 heterocycles. The number of benzene rings is 8. The van der Waals surface area contributed by atoms with Gasteiger partial charge in [0.1, 0.15) is 0 Å². The van der Waals surface area contributed by atoms with Crippen molar-refractivity contribution in [2.75, 3.05) is 0 Å². The van der Waals surface area contributed by atoms with Crippen LogP contribution in [0, 0.1) is 0 Å². The van der Waals surface area contributed by atoms with Crippen LogP contribution in [0.5, 0.6) is 0 Å². The molecule has 0 bridgehead atoms. The second-order valence-electron chi connectivity index (χ2n) is 12.8. The number of fused-ring (bicyclic) bond motifs is 6. The van der Waals surface area contributed by atoms with E-state index < -0.39 is 147 Å². The largest absolute Gasteiger partial charge is 0.278 e. The monoisotopic (exact) mass is 767 g/mol. The molecule has 0 N–H and O–H groups in total. The normalized spacial score (nSPS) is 17.3. The van der Waals surface area contributed by atoms with Crippen LogP contribution in [-0.4, -0.2) is 32.2 Å². The maximum atomic E-state index is 9.52. The molecule has 5 nitrogen and oxygen atoms in total. The molecular formula is C51H35N5Si. The fourth-order valence-electron chi connectivity index (χ4n) is 7.50. The lowest BCUT2D eigenvalue weighted by Crippen LogP contribution is -2.74. The fourth-order valence-corrected chi connectivity index (χ4v) is 11.7. The Balaban J connectivity index is 1.36. The van der Waals surface area contributed by atoms with Crippen LogP contribution in [0.4, 0.5) is 0 Å². The quantitative estimate of drug-likeness (QED) is 0.120. The van der Waals surface area contributed by atoms with Crippen LogP contribution in [-0.2, 0) is 0 Å². The van der Waals surface area contributed by atoms with Crippen molar-refractivity contribution in [3.8, 4) is 23.3 Å². The highest BCUT2D eigenvalue weighted by Gasteiger charge is 2.41. The molecule has 57 heavy (non-hydrogen) atoms. The molecule has 8 aromatic carbocycles. The van der Waals surface area contributed by atoms with E-state index >= 15 is 0 Å². The van der Waals surface area contributed by atoms with Crippen molar-refractivity contribution in [1.29, 1.82) is 0 Å². The van der Waals surface area contributed by atoms with E-state index in [4.69, 9.17) is 35.5 Å². The van der Waals surface area contributed by atoms with Crippen LogP contribution in [0.15, 0.2) is 212 Å². The number of rotatable bonds is 7. The average molecular weight is 768 g/mol.